The van der Waals surface area contributed by atoms with Crippen molar-refractivity contribution in [2.24, 2.45) is 0 Å². The molecule has 1 N–H and O–H groups in total. The maximum atomic E-state index is 9.15. The van der Waals surface area contributed by atoms with E-state index in [-0.39, 0.29) is 0 Å². The Morgan fingerprint density at radius 1 is 1.67 bits per heavy atom. The molecule has 1 aliphatic heterocycles. The Balaban J connectivity index is 2.22. The number of hydrogen-bond donors (Lipinski definition) is 1. The van der Waals surface area contributed by atoms with Gasteiger partial charge in [-0.15, -0.1) is 0 Å². The summed E-state index contributed by atoms with van der Waals surface area (Å²) in [6.45, 7) is 3.04. The van der Waals surface area contributed by atoms with Gasteiger partial charge in [-0.05, 0) is 19.3 Å². The van der Waals surface area contributed by atoms with E-state index in [0.29, 0.717) is 6.04 Å². The number of hydroxylamine groups is 2. The van der Waals surface area contributed by atoms with Crippen LogP contribution in [-0.4, -0.2) is 22.9 Å². The highest BCUT2D eigenvalue weighted by molar-refractivity contribution is 4.71. The number of nitrogens with zero attached hydrogens (tertiary/aromatic N) is 1. The summed E-state index contributed by atoms with van der Waals surface area (Å²) < 4.78 is 0. The van der Waals surface area contributed by atoms with Gasteiger partial charge in [0.2, 0.25) is 0 Å². The van der Waals surface area contributed by atoms with E-state index >= 15 is 0 Å². The van der Waals surface area contributed by atoms with Crippen LogP contribution in [0.15, 0.2) is 0 Å². The Kier molecular flexibility index (Phi) is 2.49. The third-order valence-corrected chi connectivity index (χ3v) is 1.97. The summed E-state index contributed by atoms with van der Waals surface area (Å²) in [5, 5.41) is 10.6. The normalized spacial score (nSPS) is 29.3. The molecular weight excluding hydrogens is 114 g/mol. The van der Waals surface area contributed by atoms with Gasteiger partial charge in [0.05, 0.1) is 0 Å². The summed E-state index contributed by atoms with van der Waals surface area (Å²) in [5.41, 5.74) is 0. The maximum Gasteiger partial charge on any atom is 0.0350 e. The van der Waals surface area contributed by atoms with Crippen molar-refractivity contribution in [3.8, 4) is 0 Å². The predicted molar refractivity (Wildman–Crippen MR) is 36.4 cm³/mol. The Labute approximate surface area is 56.4 Å². The van der Waals surface area contributed by atoms with Gasteiger partial charge in [0.1, 0.15) is 0 Å². The van der Waals surface area contributed by atoms with Crippen molar-refractivity contribution in [1.82, 2.24) is 5.06 Å². The van der Waals surface area contributed by atoms with Crippen molar-refractivity contribution in [3.05, 3.63) is 0 Å². The molecule has 0 amide bonds. The van der Waals surface area contributed by atoms with Gasteiger partial charge in [-0.2, -0.15) is 5.06 Å². The second-order valence-corrected chi connectivity index (χ2v) is 2.75. The van der Waals surface area contributed by atoms with E-state index in [2.05, 4.69) is 6.92 Å². The van der Waals surface area contributed by atoms with E-state index in [0.717, 1.165) is 13.0 Å². The quantitative estimate of drug-likeness (QED) is 0.612. The highest BCUT2D eigenvalue weighted by atomic mass is 16.5. The zero-order valence-corrected chi connectivity index (χ0v) is 6.01. The topological polar surface area (TPSA) is 23.5 Å². The summed E-state index contributed by atoms with van der Waals surface area (Å²) >= 11 is 0. The third-order valence-electron chi connectivity index (χ3n) is 1.97. The van der Waals surface area contributed by atoms with Crippen molar-refractivity contribution < 1.29 is 5.21 Å². The molecule has 2 nitrogen and oxygen atoms in total. The van der Waals surface area contributed by atoms with Gasteiger partial charge in [0.25, 0.3) is 0 Å². The van der Waals surface area contributed by atoms with E-state index in [4.69, 9.17) is 5.21 Å². The number of rotatable bonds is 2. The van der Waals surface area contributed by atoms with Crippen LogP contribution in [-0.2, 0) is 0 Å². The monoisotopic (exact) mass is 129 g/mol. The first-order valence-electron chi connectivity index (χ1n) is 3.80. The van der Waals surface area contributed by atoms with Gasteiger partial charge in [-0.25, -0.2) is 0 Å². The Morgan fingerprint density at radius 2 is 2.44 bits per heavy atom. The molecule has 0 aliphatic carbocycles. The van der Waals surface area contributed by atoms with Crippen molar-refractivity contribution in [2.75, 3.05) is 6.54 Å². The molecule has 0 bridgehead atoms. The van der Waals surface area contributed by atoms with Crippen molar-refractivity contribution in [1.29, 1.82) is 0 Å². The Hall–Kier alpha value is -0.0800. The largest absolute Gasteiger partial charge is 0.314 e. The summed E-state index contributed by atoms with van der Waals surface area (Å²) in [6.07, 6.45) is 4.68. The van der Waals surface area contributed by atoms with Gasteiger partial charge >= 0.3 is 0 Å². The van der Waals surface area contributed by atoms with Crippen LogP contribution in [0.3, 0.4) is 0 Å². The fourth-order valence-corrected chi connectivity index (χ4v) is 1.45. The van der Waals surface area contributed by atoms with Crippen LogP contribution in [0.25, 0.3) is 0 Å². The molecule has 0 aromatic heterocycles. The predicted octanol–water partition coefficient (Wildman–Crippen LogP) is 1.64. The molecule has 2 heteroatoms. The average Bonchev–Trinajstić information content (AvgIpc) is 2.18. The van der Waals surface area contributed by atoms with Crippen LogP contribution in [0.4, 0.5) is 0 Å². The van der Waals surface area contributed by atoms with Crippen LogP contribution in [0.2, 0.25) is 0 Å². The molecule has 1 heterocycles. The van der Waals surface area contributed by atoms with E-state index in [1.807, 2.05) is 0 Å². The van der Waals surface area contributed by atoms with Crippen molar-refractivity contribution in [3.63, 3.8) is 0 Å². The lowest BCUT2D eigenvalue weighted by molar-refractivity contribution is -0.104. The molecule has 0 aromatic carbocycles. The van der Waals surface area contributed by atoms with Crippen molar-refractivity contribution >= 4 is 0 Å². The molecular formula is C7H15NO. The minimum absolute atomic E-state index is 0.468. The standard InChI is InChI=1S/C7H15NO/c1-2-4-7-5-3-6-8(7)9/h7,9H,2-6H2,1H3. The third kappa shape index (κ3) is 1.66. The first kappa shape index (κ1) is 7.03. The van der Waals surface area contributed by atoms with Gasteiger partial charge in [-0.3, -0.25) is 0 Å². The molecule has 1 saturated heterocycles. The van der Waals surface area contributed by atoms with E-state index in [1.165, 1.54) is 24.3 Å². The molecule has 54 valence electrons. The second-order valence-electron chi connectivity index (χ2n) is 2.75. The summed E-state index contributed by atoms with van der Waals surface area (Å²) in [4.78, 5) is 0. The van der Waals surface area contributed by atoms with E-state index in [1.54, 1.807) is 0 Å². The maximum absolute atomic E-state index is 9.15. The fourth-order valence-electron chi connectivity index (χ4n) is 1.45. The van der Waals surface area contributed by atoms with Crippen LogP contribution in [0.1, 0.15) is 32.6 Å². The van der Waals surface area contributed by atoms with Crippen LogP contribution < -0.4 is 0 Å². The summed E-state index contributed by atoms with van der Waals surface area (Å²) in [7, 11) is 0. The lowest BCUT2D eigenvalue weighted by atomic mass is 10.1. The lowest BCUT2D eigenvalue weighted by Gasteiger charge is -2.15. The molecule has 0 aromatic rings. The van der Waals surface area contributed by atoms with Crippen molar-refractivity contribution in [2.45, 2.75) is 38.6 Å². The molecule has 0 spiro atoms. The van der Waals surface area contributed by atoms with Crippen LogP contribution >= 0.6 is 0 Å². The molecule has 0 radical (unpaired) electrons. The van der Waals surface area contributed by atoms with Crippen LogP contribution in [0, 0.1) is 0 Å². The second kappa shape index (κ2) is 3.18. The molecule has 0 saturated carbocycles. The molecule has 1 rings (SSSR count). The molecule has 1 aliphatic rings. The number of hydrogen-bond acceptors (Lipinski definition) is 2. The summed E-state index contributed by atoms with van der Waals surface area (Å²) in [5.74, 6) is 0. The first-order chi connectivity index (χ1) is 4.34. The minimum Gasteiger partial charge on any atom is -0.314 e. The highest BCUT2D eigenvalue weighted by Gasteiger charge is 2.20. The van der Waals surface area contributed by atoms with E-state index in [9.17, 15) is 0 Å². The molecule has 1 atom stereocenters. The fraction of sp³-hybridized carbons (Fsp3) is 1.00. The molecule has 9 heavy (non-hydrogen) atoms. The highest BCUT2D eigenvalue weighted by Crippen LogP contribution is 2.18. The van der Waals surface area contributed by atoms with Gasteiger partial charge in [0.15, 0.2) is 0 Å². The smallest absolute Gasteiger partial charge is 0.0350 e. The van der Waals surface area contributed by atoms with Crippen LogP contribution in [0.5, 0.6) is 0 Å². The molecule has 1 unspecified atom stereocenters. The zero-order valence-electron chi connectivity index (χ0n) is 6.01. The lowest BCUT2D eigenvalue weighted by Crippen LogP contribution is -2.24. The Bertz CT molecular complexity index is 85.0. The SMILES string of the molecule is CCCC1CCCN1O. The van der Waals surface area contributed by atoms with Gasteiger partial charge < -0.3 is 5.21 Å². The van der Waals surface area contributed by atoms with E-state index < -0.39 is 0 Å². The average molecular weight is 129 g/mol. The first-order valence-corrected chi connectivity index (χ1v) is 3.80. The minimum atomic E-state index is 0.468. The Morgan fingerprint density at radius 3 is 2.89 bits per heavy atom. The van der Waals surface area contributed by atoms with Gasteiger partial charge in [0, 0.05) is 12.6 Å². The van der Waals surface area contributed by atoms with Gasteiger partial charge in [-0.1, -0.05) is 13.3 Å². The summed E-state index contributed by atoms with van der Waals surface area (Å²) in [6, 6.07) is 0.468. The zero-order chi connectivity index (χ0) is 6.69. The molecule has 1 fully saturated rings.